The van der Waals surface area contributed by atoms with Gasteiger partial charge in [0.1, 0.15) is 5.69 Å². The van der Waals surface area contributed by atoms with Crippen molar-refractivity contribution in [3.05, 3.63) is 107 Å². The van der Waals surface area contributed by atoms with Crippen molar-refractivity contribution in [3.8, 4) is 5.69 Å². The average molecular weight is 520 g/mol. The number of hydrogen-bond donors (Lipinski definition) is 3. The predicted molar refractivity (Wildman–Crippen MR) is 141 cm³/mol. The van der Waals surface area contributed by atoms with Gasteiger partial charge in [0.15, 0.2) is 5.69 Å². The Hall–Kier alpha value is -4.11. The molecule has 0 aliphatic heterocycles. The van der Waals surface area contributed by atoms with Gasteiger partial charge < -0.3 is 16.4 Å². The van der Waals surface area contributed by atoms with Crippen LogP contribution < -0.4 is 16.4 Å². The van der Waals surface area contributed by atoms with Gasteiger partial charge in [-0.05, 0) is 72.2 Å². The molecule has 6 nitrogen and oxygen atoms in total. The minimum atomic E-state index is -4.70. The first kappa shape index (κ1) is 25.5. The fourth-order valence-corrected chi connectivity index (χ4v) is 4.29. The Kier molecular flexibility index (Phi) is 7.20. The summed E-state index contributed by atoms with van der Waals surface area (Å²) in [5, 5.41) is 9.96. The molecular weight excluding hydrogens is 491 g/mol. The fraction of sp³-hybridized carbons (Fsp3) is 0.241. The number of nitrogens with zero attached hydrogens (tertiary/aromatic N) is 2. The normalized spacial score (nSPS) is 13.4. The summed E-state index contributed by atoms with van der Waals surface area (Å²) < 4.78 is 41.5. The Morgan fingerprint density at radius 3 is 2.50 bits per heavy atom. The van der Waals surface area contributed by atoms with Gasteiger partial charge in [-0.3, -0.25) is 4.79 Å². The van der Waals surface area contributed by atoms with Crippen molar-refractivity contribution in [1.82, 2.24) is 9.78 Å². The van der Waals surface area contributed by atoms with E-state index >= 15 is 0 Å². The van der Waals surface area contributed by atoms with Gasteiger partial charge in [0.25, 0.3) is 5.91 Å². The molecule has 0 saturated heterocycles. The Bertz CT molecular complexity index is 1440. The second-order valence-corrected chi connectivity index (χ2v) is 9.51. The van der Waals surface area contributed by atoms with Gasteiger partial charge in [-0.2, -0.15) is 18.3 Å². The third kappa shape index (κ3) is 6.06. The lowest BCUT2D eigenvalue weighted by molar-refractivity contribution is -0.141. The number of amides is 1. The molecular formula is C29H28F3N5O. The third-order valence-corrected chi connectivity index (χ3v) is 6.50. The molecule has 1 heterocycles. The molecule has 9 heteroatoms. The molecule has 196 valence electrons. The largest absolute Gasteiger partial charge is 0.435 e. The van der Waals surface area contributed by atoms with Crippen molar-refractivity contribution in [2.24, 2.45) is 11.7 Å². The molecule has 1 aliphatic carbocycles. The highest BCUT2D eigenvalue weighted by Gasteiger charge is 2.36. The maximum Gasteiger partial charge on any atom is 0.435 e. The number of anilines is 2. The number of rotatable bonds is 9. The van der Waals surface area contributed by atoms with Crippen LogP contribution in [-0.2, 0) is 19.1 Å². The second-order valence-electron chi connectivity index (χ2n) is 9.51. The first-order valence-electron chi connectivity index (χ1n) is 12.5. The Morgan fingerprint density at radius 2 is 1.74 bits per heavy atom. The van der Waals surface area contributed by atoms with Crippen LogP contribution in [0.5, 0.6) is 0 Å². The van der Waals surface area contributed by atoms with E-state index in [1.54, 1.807) is 30.3 Å². The van der Waals surface area contributed by atoms with Crippen LogP contribution in [0.1, 0.15) is 45.7 Å². The van der Waals surface area contributed by atoms with Crippen molar-refractivity contribution in [1.29, 1.82) is 0 Å². The van der Waals surface area contributed by atoms with E-state index in [1.807, 2.05) is 30.3 Å². The van der Waals surface area contributed by atoms with Gasteiger partial charge in [-0.15, -0.1) is 0 Å². The number of benzene rings is 3. The molecule has 1 aromatic heterocycles. The van der Waals surface area contributed by atoms with Crippen LogP contribution in [0.2, 0.25) is 0 Å². The van der Waals surface area contributed by atoms with E-state index in [9.17, 15) is 18.0 Å². The molecule has 1 amide bonds. The van der Waals surface area contributed by atoms with Crippen LogP contribution >= 0.6 is 0 Å². The number of carbonyl (C=O) groups excluding carboxylic acids is 1. The van der Waals surface area contributed by atoms with Gasteiger partial charge in [-0.25, -0.2) is 4.68 Å². The first-order chi connectivity index (χ1) is 18.3. The fourth-order valence-electron chi connectivity index (χ4n) is 4.29. The Labute approximate surface area is 218 Å². The highest BCUT2D eigenvalue weighted by molar-refractivity contribution is 6.03. The summed E-state index contributed by atoms with van der Waals surface area (Å²) in [5.41, 5.74) is 8.99. The monoisotopic (exact) mass is 519 g/mol. The molecule has 0 radical (unpaired) electrons. The molecule has 0 bridgehead atoms. The average Bonchev–Trinajstić information content (AvgIpc) is 3.62. The maximum absolute atomic E-state index is 13.5. The van der Waals surface area contributed by atoms with E-state index in [-0.39, 0.29) is 12.2 Å². The molecule has 0 atom stereocenters. The van der Waals surface area contributed by atoms with Crippen molar-refractivity contribution in [3.63, 3.8) is 0 Å². The standard InChI is InChI=1S/C29H28F3N5O/c30-29(31,32)27-16-26(37(36-27)24-9-4-6-21(15-24)17-33)28(38)35-23-8-3-5-20(14-23)13-22-7-1-2-10-25(22)34-18-19-11-12-19/h1-10,14-16,19,34H,11-13,17-18,33H2,(H,35,38). The molecule has 0 unspecified atom stereocenters. The zero-order valence-corrected chi connectivity index (χ0v) is 20.6. The molecule has 1 saturated carbocycles. The van der Waals surface area contributed by atoms with E-state index in [1.165, 1.54) is 12.8 Å². The number of nitrogens with one attached hydrogen (secondary N) is 2. The van der Waals surface area contributed by atoms with Crippen LogP contribution in [0.4, 0.5) is 24.5 Å². The summed E-state index contributed by atoms with van der Waals surface area (Å²) in [6.07, 6.45) is -1.54. The summed E-state index contributed by atoms with van der Waals surface area (Å²) in [5.74, 6) is 0.0421. The maximum atomic E-state index is 13.5. The zero-order valence-electron chi connectivity index (χ0n) is 20.6. The summed E-state index contributed by atoms with van der Waals surface area (Å²) in [4.78, 5) is 13.2. The smallest absolute Gasteiger partial charge is 0.385 e. The van der Waals surface area contributed by atoms with E-state index in [4.69, 9.17) is 5.73 Å². The molecule has 1 aliphatic rings. The number of nitrogens with two attached hydrogens (primary N) is 1. The number of hydrogen-bond acceptors (Lipinski definition) is 4. The number of halogens is 3. The van der Waals surface area contributed by atoms with E-state index < -0.39 is 17.8 Å². The Balaban J connectivity index is 1.38. The van der Waals surface area contributed by atoms with Gasteiger partial charge in [0.2, 0.25) is 0 Å². The Morgan fingerprint density at radius 1 is 0.974 bits per heavy atom. The second kappa shape index (κ2) is 10.7. The van der Waals surface area contributed by atoms with Crippen LogP contribution in [0.15, 0.2) is 78.9 Å². The molecule has 1 fully saturated rings. The molecule has 4 N–H and O–H groups in total. The highest BCUT2D eigenvalue weighted by atomic mass is 19.4. The SMILES string of the molecule is NCc1cccc(-n2nc(C(F)(F)F)cc2C(=O)Nc2cccc(Cc3ccccc3NCC3CC3)c2)c1. The van der Waals surface area contributed by atoms with Crippen molar-refractivity contribution in [2.75, 3.05) is 17.2 Å². The van der Waals surface area contributed by atoms with Crippen LogP contribution in [0, 0.1) is 5.92 Å². The summed E-state index contributed by atoms with van der Waals surface area (Å²) >= 11 is 0. The lowest BCUT2D eigenvalue weighted by Gasteiger charge is -2.13. The number of carbonyl (C=O) groups is 1. The zero-order chi connectivity index (χ0) is 26.7. The molecule has 5 rings (SSSR count). The van der Waals surface area contributed by atoms with Crippen LogP contribution in [0.3, 0.4) is 0 Å². The van der Waals surface area contributed by atoms with Crippen molar-refractivity contribution >= 4 is 17.3 Å². The third-order valence-electron chi connectivity index (χ3n) is 6.50. The lowest BCUT2D eigenvalue weighted by Crippen LogP contribution is -2.17. The molecule has 0 spiro atoms. The first-order valence-corrected chi connectivity index (χ1v) is 12.5. The van der Waals surface area contributed by atoms with E-state index in [2.05, 4.69) is 27.9 Å². The molecule has 4 aromatic rings. The summed E-state index contributed by atoms with van der Waals surface area (Å²) in [7, 11) is 0. The quantitative estimate of drug-likeness (QED) is 0.253. The van der Waals surface area contributed by atoms with Gasteiger partial charge in [0, 0.05) is 30.5 Å². The minimum Gasteiger partial charge on any atom is -0.385 e. The topological polar surface area (TPSA) is 85.0 Å². The molecule has 3 aromatic carbocycles. The number of aromatic nitrogens is 2. The van der Waals surface area contributed by atoms with Crippen LogP contribution in [0.25, 0.3) is 5.69 Å². The predicted octanol–water partition coefficient (Wildman–Crippen LogP) is 6.01. The number of alkyl halides is 3. The summed E-state index contributed by atoms with van der Waals surface area (Å²) in [6, 6.07) is 22.8. The van der Waals surface area contributed by atoms with Gasteiger partial charge in [-0.1, -0.05) is 42.5 Å². The van der Waals surface area contributed by atoms with Crippen molar-refractivity contribution < 1.29 is 18.0 Å². The van der Waals surface area contributed by atoms with Crippen LogP contribution in [-0.4, -0.2) is 22.2 Å². The van der Waals surface area contributed by atoms with Crippen molar-refractivity contribution in [2.45, 2.75) is 32.0 Å². The summed E-state index contributed by atoms with van der Waals surface area (Å²) in [6.45, 7) is 1.16. The van der Waals surface area contributed by atoms with E-state index in [0.29, 0.717) is 23.4 Å². The minimum absolute atomic E-state index is 0.203. The highest BCUT2D eigenvalue weighted by Crippen LogP contribution is 2.31. The van der Waals surface area contributed by atoms with E-state index in [0.717, 1.165) is 40.0 Å². The number of para-hydroxylation sites is 1. The molecule has 38 heavy (non-hydrogen) atoms. The van der Waals surface area contributed by atoms with Gasteiger partial charge in [0.05, 0.1) is 5.69 Å². The lowest BCUT2D eigenvalue weighted by atomic mass is 10.0. The van der Waals surface area contributed by atoms with Gasteiger partial charge >= 0.3 is 6.18 Å².